The third-order valence-corrected chi connectivity index (χ3v) is 3.69. The van der Waals surface area contributed by atoms with Crippen LogP contribution in [0.5, 0.6) is 11.5 Å². The molecule has 0 aliphatic carbocycles. The first-order valence-corrected chi connectivity index (χ1v) is 8.49. The number of hydrogen-bond donors (Lipinski definition) is 2. The average molecular weight is 339 g/mol. The molecule has 0 amide bonds. The number of H-pyrrole nitrogens is 1. The number of aromatic nitrogens is 3. The van der Waals surface area contributed by atoms with Crippen molar-refractivity contribution < 1.29 is 4.74 Å². The normalized spacial score (nSPS) is 10.9. The molecule has 0 fully saturated rings. The van der Waals surface area contributed by atoms with Crippen molar-refractivity contribution in [2.45, 2.75) is 12.1 Å². The summed E-state index contributed by atoms with van der Waals surface area (Å²) < 4.78 is 5.80. The molecule has 0 atom stereocenters. The molecule has 122 valence electrons. The number of nitrogens with zero attached hydrogens (tertiary/aromatic N) is 3. The molecular weight excluding hydrogens is 322 g/mol. The highest BCUT2D eigenvalue weighted by Gasteiger charge is 2.01. The maximum atomic E-state index is 5.80. The van der Waals surface area contributed by atoms with E-state index < -0.39 is 0 Å². The zero-order valence-electron chi connectivity index (χ0n) is 13.1. The minimum Gasteiger partial charge on any atom is -0.457 e. The molecule has 1 heterocycles. The van der Waals surface area contributed by atoms with Gasteiger partial charge in [0.2, 0.25) is 11.1 Å². The minimum absolute atomic E-state index is 0.513. The predicted molar refractivity (Wildman–Crippen MR) is 97.0 cm³/mol. The van der Waals surface area contributed by atoms with E-state index in [-0.39, 0.29) is 0 Å². The smallest absolute Gasteiger partial charge is 0.240 e. The van der Waals surface area contributed by atoms with Gasteiger partial charge in [0.15, 0.2) is 0 Å². The fourth-order valence-electron chi connectivity index (χ4n) is 1.94. The average Bonchev–Trinajstić information content (AvgIpc) is 3.04. The van der Waals surface area contributed by atoms with E-state index in [9.17, 15) is 0 Å². The summed E-state index contributed by atoms with van der Waals surface area (Å²) in [5.41, 5.74) is 3.74. The molecule has 0 saturated heterocycles. The van der Waals surface area contributed by atoms with Crippen LogP contribution in [0, 0.1) is 0 Å². The Balaban J connectivity index is 1.61. The van der Waals surface area contributed by atoms with Crippen molar-refractivity contribution in [3.63, 3.8) is 0 Å². The summed E-state index contributed by atoms with van der Waals surface area (Å²) in [6.45, 7) is 2.05. The van der Waals surface area contributed by atoms with Crippen LogP contribution in [-0.2, 0) is 0 Å². The maximum absolute atomic E-state index is 5.80. The highest BCUT2D eigenvalue weighted by atomic mass is 32.2. The Hall–Kier alpha value is -2.80. The largest absolute Gasteiger partial charge is 0.457 e. The molecule has 0 radical (unpaired) electrons. The molecule has 2 aromatic carbocycles. The fourth-order valence-corrected chi connectivity index (χ4v) is 2.47. The third-order valence-electron chi connectivity index (χ3n) is 2.96. The molecule has 0 bridgehead atoms. The number of anilines is 1. The van der Waals surface area contributed by atoms with Crippen LogP contribution in [0.1, 0.15) is 12.5 Å². The summed E-state index contributed by atoms with van der Waals surface area (Å²) in [5.74, 6) is 2.99. The number of aromatic amines is 1. The van der Waals surface area contributed by atoms with Crippen molar-refractivity contribution in [1.82, 2.24) is 15.2 Å². The van der Waals surface area contributed by atoms with Gasteiger partial charge in [-0.2, -0.15) is 10.1 Å². The van der Waals surface area contributed by atoms with Crippen LogP contribution < -0.4 is 10.2 Å². The standard InChI is InChI=1S/C17H17N5OS/c1-2-24-17-19-16(21-22-17)20-18-12-13-7-6-10-15(11-13)23-14-8-4-3-5-9-14/h3-12H,2H2,1H3,(H2,19,20,21,22)/b18-12-. The lowest BCUT2D eigenvalue weighted by atomic mass is 10.2. The molecule has 3 rings (SSSR count). The quantitative estimate of drug-likeness (QED) is 0.384. The summed E-state index contributed by atoms with van der Waals surface area (Å²) in [7, 11) is 0. The highest BCUT2D eigenvalue weighted by Crippen LogP contribution is 2.21. The second-order valence-corrected chi connectivity index (χ2v) is 5.99. The summed E-state index contributed by atoms with van der Waals surface area (Å²) in [6, 6.07) is 17.3. The van der Waals surface area contributed by atoms with E-state index in [0.29, 0.717) is 11.1 Å². The van der Waals surface area contributed by atoms with Gasteiger partial charge in [0, 0.05) is 0 Å². The monoisotopic (exact) mass is 339 g/mol. The van der Waals surface area contributed by atoms with Gasteiger partial charge in [-0.15, -0.1) is 5.10 Å². The van der Waals surface area contributed by atoms with Crippen LogP contribution in [0.4, 0.5) is 5.95 Å². The van der Waals surface area contributed by atoms with Crippen LogP contribution in [0.15, 0.2) is 64.9 Å². The molecule has 0 saturated carbocycles. The third kappa shape index (κ3) is 4.60. The molecule has 0 unspecified atom stereocenters. The molecular formula is C17H17N5OS. The van der Waals surface area contributed by atoms with Gasteiger partial charge in [-0.3, -0.25) is 0 Å². The van der Waals surface area contributed by atoms with E-state index in [1.54, 1.807) is 18.0 Å². The SMILES string of the molecule is CCSc1n[nH]c(N/N=C\c2cccc(Oc3ccccc3)c2)n1. The van der Waals surface area contributed by atoms with Crippen molar-refractivity contribution in [3.8, 4) is 11.5 Å². The predicted octanol–water partition coefficient (Wildman–Crippen LogP) is 4.16. The molecule has 0 spiro atoms. The first-order chi connectivity index (χ1) is 11.8. The number of hydrazone groups is 1. The fraction of sp³-hybridized carbons (Fsp3) is 0.118. The first kappa shape index (κ1) is 16.1. The molecule has 6 nitrogen and oxygen atoms in total. The Morgan fingerprint density at radius 3 is 2.83 bits per heavy atom. The molecule has 1 aromatic heterocycles. The second-order valence-electron chi connectivity index (χ2n) is 4.76. The lowest BCUT2D eigenvalue weighted by Crippen LogP contribution is -1.93. The summed E-state index contributed by atoms with van der Waals surface area (Å²) in [4.78, 5) is 4.25. The number of thioether (sulfide) groups is 1. The molecule has 7 heteroatoms. The van der Waals surface area contributed by atoms with Gasteiger partial charge in [-0.05, 0) is 35.6 Å². The molecule has 2 N–H and O–H groups in total. The lowest BCUT2D eigenvalue weighted by Gasteiger charge is -2.05. The second kappa shape index (κ2) is 8.16. The number of ether oxygens (including phenoxy) is 1. The Kier molecular flexibility index (Phi) is 5.47. The summed E-state index contributed by atoms with van der Waals surface area (Å²) >= 11 is 1.57. The number of rotatable bonds is 7. The minimum atomic E-state index is 0.513. The van der Waals surface area contributed by atoms with Crippen molar-refractivity contribution in [2.24, 2.45) is 5.10 Å². The van der Waals surface area contributed by atoms with Gasteiger partial charge < -0.3 is 4.74 Å². The number of benzene rings is 2. The van der Waals surface area contributed by atoms with Crippen LogP contribution >= 0.6 is 11.8 Å². The van der Waals surface area contributed by atoms with E-state index in [0.717, 1.165) is 22.8 Å². The van der Waals surface area contributed by atoms with Crippen LogP contribution in [0.3, 0.4) is 0 Å². The van der Waals surface area contributed by atoms with E-state index in [4.69, 9.17) is 4.74 Å². The van der Waals surface area contributed by atoms with Crippen molar-refractivity contribution in [2.75, 3.05) is 11.2 Å². The molecule has 24 heavy (non-hydrogen) atoms. The van der Waals surface area contributed by atoms with Gasteiger partial charge in [0.1, 0.15) is 11.5 Å². The number of nitrogens with one attached hydrogen (secondary N) is 2. The van der Waals surface area contributed by atoms with Crippen molar-refractivity contribution in [1.29, 1.82) is 0 Å². The van der Waals surface area contributed by atoms with Crippen LogP contribution in [-0.4, -0.2) is 27.1 Å². The Labute approximate surface area is 144 Å². The van der Waals surface area contributed by atoms with Crippen LogP contribution in [0.25, 0.3) is 0 Å². The maximum Gasteiger partial charge on any atom is 0.240 e. The molecule has 0 aliphatic rings. The van der Waals surface area contributed by atoms with Gasteiger partial charge in [0.25, 0.3) is 0 Å². The van der Waals surface area contributed by atoms with E-state index in [1.807, 2.05) is 54.6 Å². The first-order valence-electron chi connectivity index (χ1n) is 7.51. The summed E-state index contributed by atoms with van der Waals surface area (Å²) in [5, 5.41) is 11.7. The number of hydrogen-bond acceptors (Lipinski definition) is 6. The van der Waals surface area contributed by atoms with Gasteiger partial charge in [-0.25, -0.2) is 10.5 Å². The number of para-hydroxylation sites is 1. The van der Waals surface area contributed by atoms with Crippen LogP contribution in [0.2, 0.25) is 0 Å². The van der Waals surface area contributed by atoms with E-state index in [1.165, 1.54) is 0 Å². The molecule has 3 aromatic rings. The van der Waals surface area contributed by atoms with E-state index >= 15 is 0 Å². The summed E-state index contributed by atoms with van der Waals surface area (Å²) in [6.07, 6.45) is 1.70. The van der Waals surface area contributed by atoms with Gasteiger partial charge >= 0.3 is 0 Å². The Morgan fingerprint density at radius 1 is 1.17 bits per heavy atom. The van der Waals surface area contributed by atoms with Crippen molar-refractivity contribution >= 4 is 23.9 Å². The van der Waals surface area contributed by atoms with Gasteiger partial charge in [-0.1, -0.05) is 49.0 Å². The Bertz CT molecular complexity index is 804. The molecule has 0 aliphatic heterocycles. The van der Waals surface area contributed by atoms with Crippen molar-refractivity contribution in [3.05, 3.63) is 60.2 Å². The lowest BCUT2D eigenvalue weighted by molar-refractivity contribution is 0.482. The topological polar surface area (TPSA) is 75.2 Å². The zero-order chi connectivity index (χ0) is 16.6. The Morgan fingerprint density at radius 2 is 2.00 bits per heavy atom. The van der Waals surface area contributed by atoms with Gasteiger partial charge in [0.05, 0.1) is 6.21 Å². The van der Waals surface area contributed by atoms with E-state index in [2.05, 4.69) is 32.6 Å². The highest BCUT2D eigenvalue weighted by molar-refractivity contribution is 7.99. The zero-order valence-corrected chi connectivity index (χ0v) is 14.0.